The van der Waals surface area contributed by atoms with E-state index in [0.29, 0.717) is 11.6 Å². The van der Waals surface area contributed by atoms with Gasteiger partial charge in [-0.2, -0.15) is 0 Å². The van der Waals surface area contributed by atoms with Gasteiger partial charge >= 0.3 is 0 Å². The topological polar surface area (TPSA) is 52.6 Å². The van der Waals surface area contributed by atoms with Crippen molar-refractivity contribution in [2.24, 2.45) is 0 Å². The summed E-state index contributed by atoms with van der Waals surface area (Å²) in [5.74, 6) is -0.341. The molecule has 1 aromatic carbocycles. The lowest BCUT2D eigenvalue weighted by molar-refractivity contribution is -0.124. The maximum atomic E-state index is 11.2. The summed E-state index contributed by atoms with van der Waals surface area (Å²) in [5, 5.41) is 12.2. The highest BCUT2D eigenvalue weighted by atomic mass is 35.5. The highest BCUT2D eigenvalue weighted by Gasteiger charge is 2.23. The number of aliphatic hydroxyl groups excluding tert-OH is 1. The Labute approximate surface area is 118 Å². The van der Waals surface area contributed by atoms with E-state index in [1.807, 2.05) is 24.3 Å². The Balaban J connectivity index is 2.11. The molecule has 1 aliphatic heterocycles. The first kappa shape index (κ1) is 14.3. The fourth-order valence-corrected chi connectivity index (χ4v) is 2.69. The van der Waals surface area contributed by atoms with Crippen molar-refractivity contribution < 1.29 is 9.90 Å². The molecule has 0 spiro atoms. The Kier molecular flexibility index (Phi) is 5.19. The van der Waals surface area contributed by atoms with Crippen molar-refractivity contribution in [1.82, 2.24) is 10.2 Å². The molecule has 0 aliphatic carbocycles. The molecule has 19 heavy (non-hydrogen) atoms. The van der Waals surface area contributed by atoms with Gasteiger partial charge in [0.15, 0.2) is 0 Å². The second kappa shape index (κ2) is 6.89. The van der Waals surface area contributed by atoms with Crippen LogP contribution in [-0.2, 0) is 4.79 Å². The molecule has 2 N–H and O–H groups in total. The van der Waals surface area contributed by atoms with Gasteiger partial charge in [0.2, 0.25) is 5.91 Å². The minimum Gasteiger partial charge on any atom is -0.387 e. The van der Waals surface area contributed by atoms with Gasteiger partial charge in [-0.15, -0.1) is 0 Å². The third-order valence-electron chi connectivity index (χ3n) is 3.45. The van der Waals surface area contributed by atoms with Crippen molar-refractivity contribution in [2.45, 2.75) is 18.9 Å². The van der Waals surface area contributed by atoms with E-state index in [2.05, 4.69) is 10.2 Å². The van der Waals surface area contributed by atoms with Crippen molar-refractivity contribution in [3.05, 3.63) is 34.9 Å². The van der Waals surface area contributed by atoms with Gasteiger partial charge in [-0.25, -0.2) is 0 Å². The molecule has 1 heterocycles. The summed E-state index contributed by atoms with van der Waals surface area (Å²) in [6, 6.07) is 7.86. The zero-order valence-corrected chi connectivity index (χ0v) is 11.6. The summed E-state index contributed by atoms with van der Waals surface area (Å²) in [6.07, 6.45) is 2.37. The van der Waals surface area contributed by atoms with Crippen molar-refractivity contribution in [3.8, 4) is 0 Å². The van der Waals surface area contributed by atoms with Gasteiger partial charge in [-0.1, -0.05) is 23.7 Å². The molecule has 0 bridgehead atoms. The van der Waals surface area contributed by atoms with E-state index in [4.69, 9.17) is 16.7 Å². The highest BCUT2D eigenvalue weighted by Crippen LogP contribution is 2.26. The molecule has 1 aromatic rings. The number of rotatable bonds is 5. The largest absolute Gasteiger partial charge is 0.387 e. The maximum Gasteiger partial charge on any atom is 0.245 e. The first-order chi connectivity index (χ1) is 9.20. The summed E-state index contributed by atoms with van der Waals surface area (Å²) < 4.78 is 0. The molecule has 2 rings (SSSR count). The van der Waals surface area contributed by atoms with Crippen LogP contribution in [0.4, 0.5) is 0 Å². The lowest BCUT2D eigenvalue weighted by Crippen LogP contribution is -2.37. The third kappa shape index (κ3) is 3.93. The van der Waals surface area contributed by atoms with Crippen molar-refractivity contribution in [1.29, 1.82) is 0 Å². The molecule has 4 nitrogen and oxygen atoms in total. The van der Waals surface area contributed by atoms with Gasteiger partial charge in [0, 0.05) is 11.6 Å². The number of likely N-dealkylation sites (tertiary alicyclic amines) is 1. The van der Waals surface area contributed by atoms with E-state index in [-0.39, 0.29) is 11.9 Å². The lowest BCUT2D eigenvalue weighted by atomic mass is 10.1. The summed E-state index contributed by atoms with van der Waals surface area (Å²) in [6.45, 7) is 2.10. The van der Waals surface area contributed by atoms with Gasteiger partial charge in [0.05, 0.1) is 6.04 Å². The van der Waals surface area contributed by atoms with E-state index in [0.717, 1.165) is 18.7 Å². The monoisotopic (exact) mass is 282 g/mol. The second-order valence-electron chi connectivity index (χ2n) is 4.78. The van der Waals surface area contributed by atoms with Crippen molar-refractivity contribution in [3.63, 3.8) is 0 Å². The first-order valence-electron chi connectivity index (χ1n) is 6.58. The zero-order chi connectivity index (χ0) is 13.7. The van der Waals surface area contributed by atoms with Gasteiger partial charge in [0.25, 0.3) is 0 Å². The van der Waals surface area contributed by atoms with Crippen molar-refractivity contribution in [2.75, 3.05) is 26.2 Å². The number of nitrogens with one attached hydrogen (secondary N) is 1. The Morgan fingerprint density at radius 2 is 2.16 bits per heavy atom. The second-order valence-corrected chi connectivity index (χ2v) is 5.21. The third-order valence-corrected chi connectivity index (χ3v) is 3.69. The van der Waals surface area contributed by atoms with Crippen LogP contribution in [0.5, 0.6) is 0 Å². The molecule has 1 atom stereocenters. The van der Waals surface area contributed by atoms with Gasteiger partial charge in [-0.05, 0) is 43.6 Å². The quantitative estimate of drug-likeness (QED) is 0.862. The zero-order valence-electron chi connectivity index (χ0n) is 10.8. The Morgan fingerprint density at radius 3 is 2.79 bits per heavy atom. The molecule has 1 fully saturated rings. The summed E-state index contributed by atoms with van der Waals surface area (Å²) >= 11 is 6.04. The summed E-state index contributed by atoms with van der Waals surface area (Å²) in [4.78, 5) is 13.6. The fourth-order valence-electron chi connectivity index (χ4n) is 2.49. The predicted molar refractivity (Wildman–Crippen MR) is 75.1 cm³/mol. The van der Waals surface area contributed by atoms with Crippen LogP contribution in [0, 0.1) is 0 Å². The molecule has 0 aromatic heterocycles. The lowest BCUT2D eigenvalue weighted by Gasteiger charge is -2.28. The first-order valence-corrected chi connectivity index (χ1v) is 6.95. The van der Waals surface area contributed by atoms with Crippen LogP contribution in [0.2, 0.25) is 5.02 Å². The number of nitrogens with zero attached hydrogens (tertiary/aromatic N) is 1. The molecular formula is C14H19ClN2O2. The number of benzene rings is 1. The van der Waals surface area contributed by atoms with Crippen LogP contribution in [-0.4, -0.2) is 42.2 Å². The van der Waals surface area contributed by atoms with Gasteiger partial charge < -0.3 is 10.4 Å². The fraction of sp³-hybridized carbons (Fsp3) is 0.500. The van der Waals surface area contributed by atoms with Crippen LogP contribution < -0.4 is 5.32 Å². The minimum atomic E-state index is -0.470. The molecule has 104 valence electrons. The number of hydrogen-bond donors (Lipinski definition) is 2. The number of amides is 1. The molecule has 5 heteroatoms. The average molecular weight is 283 g/mol. The summed E-state index contributed by atoms with van der Waals surface area (Å²) in [7, 11) is 0. The number of halogens is 1. The normalized spacial score (nSPS) is 17.4. The van der Waals surface area contributed by atoms with Crippen molar-refractivity contribution >= 4 is 17.5 Å². The Bertz CT molecular complexity index is 433. The number of carbonyl (C=O) groups is 1. The minimum absolute atomic E-state index is 0.122. The molecule has 1 unspecified atom stereocenters. The average Bonchev–Trinajstić information content (AvgIpc) is 2.93. The summed E-state index contributed by atoms with van der Waals surface area (Å²) in [5.41, 5.74) is 1.10. The van der Waals surface area contributed by atoms with Crippen LogP contribution in [0.15, 0.2) is 24.3 Å². The van der Waals surface area contributed by atoms with E-state index >= 15 is 0 Å². The molecule has 1 amide bonds. The Hall–Kier alpha value is -1.10. The van der Waals surface area contributed by atoms with E-state index < -0.39 is 6.61 Å². The standard InChI is InChI=1S/C14H19ClN2O2/c15-12-5-3-4-11(8-12)13(9-16-14(19)10-18)17-6-1-2-7-17/h3-5,8,13,18H,1-2,6-7,9-10H2,(H,16,19). The van der Waals surface area contributed by atoms with Gasteiger partial charge in [-0.3, -0.25) is 9.69 Å². The molecular weight excluding hydrogens is 264 g/mol. The highest BCUT2D eigenvalue weighted by molar-refractivity contribution is 6.30. The van der Waals surface area contributed by atoms with E-state index in [1.165, 1.54) is 12.8 Å². The van der Waals surface area contributed by atoms with Crippen LogP contribution >= 0.6 is 11.6 Å². The number of hydrogen-bond acceptors (Lipinski definition) is 3. The predicted octanol–water partition coefficient (Wildman–Crippen LogP) is 1.59. The molecule has 1 saturated heterocycles. The van der Waals surface area contributed by atoms with Gasteiger partial charge in [0.1, 0.15) is 6.61 Å². The molecule has 0 saturated carbocycles. The molecule has 1 aliphatic rings. The smallest absolute Gasteiger partial charge is 0.245 e. The number of aliphatic hydroxyl groups is 1. The number of carbonyl (C=O) groups excluding carboxylic acids is 1. The van der Waals surface area contributed by atoms with E-state index in [1.54, 1.807) is 0 Å². The van der Waals surface area contributed by atoms with E-state index in [9.17, 15) is 4.79 Å². The van der Waals surface area contributed by atoms with Crippen LogP contribution in [0.3, 0.4) is 0 Å². The van der Waals surface area contributed by atoms with Crippen LogP contribution in [0.1, 0.15) is 24.4 Å². The molecule has 0 radical (unpaired) electrons. The SMILES string of the molecule is O=C(CO)NCC(c1cccc(Cl)c1)N1CCCC1. The maximum absolute atomic E-state index is 11.2. The Morgan fingerprint density at radius 1 is 1.42 bits per heavy atom. The van der Waals surface area contributed by atoms with Crippen LogP contribution in [0.25, 0.3) is 0 Å².